The molecule has 1 aromatic carbocycles. The molecule has 1 fully saturated rings. The molecule has 0 amide bonds. The predicted octanol–water partition coefficient (Wildman–Crippen LogP) is 2.23. The van der Waals surface area contributed by atoms with Crippen molar-refractivity contribution in [3.05, 3.63) is 70.3 Å². The Morgan fingerprint density at radius 2 is 2.14 bits per heavy atom. The van der Waals surface area contributed by atoms with E-state index in [4.69, 9.17) is 4.74 Å². The Labute approximate surface area is 161 Å². The van der Waals surface area contributed by atoms with Crippen molar-refractivity contribution in [3.8, 4) is 5.75 Å². The highest BCUT2D eigenvalue weighted by atomic mass is 16.5. The highest BCUT2D eigenvalue weighted by molar-refractivity contribution is 5.80. The average Bonchev–Trinajstić information content (AvgIpc) is 3.13. The van der Waals surface area contributed by atoms with Crippen molar-refractivity contribution >= 4 is 16.9 Å². The molecule has 0 spiro atoms. The van der Waals surface area contributed by atoms with Gasteiger partial charge in [-0.3, -0.25) is 19.5 Å². The molecule has 144 valence electrons. The van der Waals surface area contributed by atoms with Crippen LogP contribution in [-0.4, -0.2) is 46.1 Å². The molecule has 7 heteroatoms. The zero-order chi connectivity index (χ0) is 19.7. The lowest BCUT2D eigenvalue weighted by Gasteiger charge is -2.15. The fourth-order valence-electron chi connectivity index (χ4n) is 3.87. The number of carbonyl (C=O) groups is 1. The maximum absolute atomic E-state index is 12.5. The number of aromatic amines is 1. The summed E-state index contributed by atoms with van der Waals surface area (Å²) >= 11 is 0. The first-order valence-electron chi connectivity index (χ1n) is 9.11. The molecule has 0 radical (unpaired) electrons. The molecule has 4 rings (SSSR count). The Morgan fingerprint density at radius 3 is 2.86 bits per heavy atom. The molecule has 2 N–H and O–H groups in total. The van der Waals surface area contributed by atoms with E-state index in [0.29, 0.717) is 36.5 Å². The van der Waals surface area contributed by atoms with Gasteiger partial charge in [-0.2, -0.15) is 0 Å². The van der Waals surface area contributed by atoms with E-state index in [1.54, 1.807) is 19.4 Å². The van der Waals surface area contributed by atoms with E-state index in [1.165, 1.54) is 0 Å². The second-order valence-corrected chi connectivity index (χ2v) is 7.08. The van der Waals surface area contributed by atoms with Crippen LogP contribution in [0.2, 0.25) is 0 Å². The zero-order valence-electron chi connectivity index (χ0n) is 15.5. The molecule has 1 saturated heterocycles. The van der Waals surface area contributed by atoms with Gasteiger partial charge in [0.1, 0.15) is 5.75 Å². The zero-order valence-corrected chi connectivity index (χ0v) is 15.5. The fraction of sp³-hybridized carbons (Fsp3) is 0.286. The summed E-state index contributed by atoms with van der Waals surface area (Å²) in [5.41, 5.74) is 1.93. The smallest absolute Gasteiger partial charge is 0.308 e. The van der Waals surface area contributed by atoms with E-state index in [-0.39, 0.29) is 11.5 Å². The molecular formula is C21H21N3O4. The van der Waals surface area contributed by atoms with Crippen LogP contribution in [0, 0.1) is 5.92 Å². The van der Waals surface area contributed by atoms with Gasteiger partial charge in [0.15, 0.2) is 0 Å². The third kappa shape index (κ3) is 3.48. The molecule has 2 aromatic heterocycles. The SMILES string of the molecule is COc1ccc2cc(CN3C[C@@H](C(=O)O)[C@H](c4ccccn4)C3)c(=O)[nH]c2c1. The average molecular weight is 379 g/mol. The molecule has 7 nitrogen and oxygen atoms in total. The lowest BCUT2D eigenvalue weighted by Crippen LogP contribution is -2.26. The molecule has 0 unspecified atom stereocenters. The first-order chi connectivity index (χ1) is 13.5. The lowest BCUT2D eigenvalue weighted by molar-refractivity contribution is -0.141. The van der Waals surface area contributed by atoms with Gasteiger partial charge in [0.2, 0.25) is 0 Å². The summed E-state index contributed by atoms with van der Waals surface area (Å²) in [6, 6.07) is 12.9. The van der Waals surface area contributed by atoms with Gasteiger partial charge in [0.25, 0.3) is 5.56 Å². The summed E-state index contributed by atoms with van der Waals surface area (Å²) in [6.45, 7) is 1.33. The molecule has 3 heterocycles. The summed E-state index contributed by atoms with van der Waals surface area (Å²) in [5.74, 6) is -0.892. The molecule has 1 aliphatic heterocycles. The summed E-state index contributed by atoms with van der Waals surface area (Å²) in [6.07, 6.45) is 1.68. The normalized spacial score (nSPS) is 19.8. The first-order valence-corrected chi connectivity index (χ1v) is 9.11. The Morgan fingerprint density at radius 1 is 1.29 bits per heavy atom. The molecule has 1 aliphatic rings. The highest BCUT2D eigenvalue weighted by Gasteiger charge is 2.39. The Hall–Kier alpha value is -3.19. The Bertz CT molecular complexity index is 1060. The first kappa shape index (κ1) is 18.2. The standard InChI is InChI=1S/C21H21N3O4/c1-28-15-6-5-13-8-14(20(25)23-19(13)9-15)10-24-11-16(17(12-24)21(26)27)18-4-2-3-7-22-18/h2-9,16-17H,10-12H2,1H3,(H,23,25)(H,26,27)/t16-,17-/m1/s1. The molecule has 28 heavy (non-hydrogen) atoms. The number of hydrogen-bond acceptors (Lipinski definition) is 5. The van der Waals surface area contributed by atoms with Gasteiger partial charge < -0.3 is 14.8 Å². The van der Waals surface area contributed by atoms with Crippen LogP contribution in [0.5, 0.6) is 5.75 Å². The minimum atomic E-state index is -0.835. The van der Waals surface area contributed by atoms with Gasteiger partial charge >= 0.3 is 5.97 Å². The minimum Gasteiger partial charge on any atom is -0.497 e. The summed E-state index contributed by atoms with van der Waals surface area (Å²) in [7, 11) is 1.58. The number of hydrogen-bond donors (Lipinski definition) is 2. The van der Waals surface area contributed by atoms with Crippen LogP contribution in [0.4, 0.5) is 0 Å². The van der Waals surface area contributed by atoms with E-state index in [1.807, 2.05) is 41.3 Å². The number of nitrogens with one attached hydrogen (secondary N) is 1. The number of ether oxygens (including phenoxy) is 1. The Kier molecular flexibility index (Phi) is 4.83. The van der Waals surface area contributed by atoms with E-state index in [0.717, 1.165) is 11.1 Å². The second-order valence-electron chi connectivity index (χ2n) is 7.08. The van der Waals surface area contributed by atoms with Crippen molar-refractivity contribution in [2.75, 3.05) is 20.2 Å². The number of pyridine rings is 2. The van der Waals surface area contributed by atoms with Crippen molar-refractivity contribution in [3.63, 3.8) is 0 Å². The van der Waals surface area contributed by atoms with Crippen LogP contribution in [0.3, 0.4) is 0 Å². The van der Waals surface area contributed by atoms with Crippen LogP contribution in [0.15, 0.2) is 53.5 Å². The van der Waals surface area contributed by atoms with Crippen LogP contribution < -0.4 is 10.3 Å². The molecule has 0 saturated carbocycles. The third-order valence-corrected chi connectivity index (χ3v) is 5.30. The number of methoxy groups -OCH3 is 1. The second kappa shape index (κ2) is 7.44. The third-order valence-electron chi connectivity index (χ3n) is 5.30. The highest BCUT2D eigenvalue weighted by Crippen LogP contribution is 2.32. The summed E-state index contributed by atoms with van der Waals surface area (Å²) < 4.78 is 5.20. The number of aliphatic carboxylic acids is 1. The van der Waals surface area contributed by atoms with Crippen molar-refractivity contribution in [1.29, 1.82) is 0 Å². The van der Waals surface area contributed by atoms with Crippen LogP contribution in [0.25, 0.3) is 10.9 Å². The van der Waals surface area contributed by atoms with Gasteiger partial charge in [-0.1, -0.05) is 6.07 Å². The van der Waals surface area contributed by atoms with E-state index < -0.39 is 11.9 Å². The number of carboxylic acid groups (broad SMARTS) is 1. The van der Waals surface area contributed by atoms with Crippen molar-refractivity contribution in [2.24, 2.45) is 5.92 Å². The van der Waals surface area contributed by atoms with Crippen LogP contribution in [-0.2, 0) is 11.3 Å². The number of H-pyrrole nitrogens is 1. The number of benzene rings is 1. The number of rotatable bonds is 5. The van der Waals surface area contributed by atoms with Gasteiger partial charge in [-0.05, 0) is 35.7 Å². The quantitative estimate of drug-likeness (QED) is 0.706. The number of likely N-dealkylation sites (tertiary alicyclic amines) is 1. The number of fused-ring (bicyclic) bond motifs is 1. The fourth-order valence-corrected chi connectivity index (χ4v) is 3.87. The van der Waals surface area contributed by atoms with Gasteiger partial charge in [0, 0.05) is 49.1 Å². The molecule has 0 bridgehead atoms. The summed E-state index contributed by atoms with van der Waals surface area (Å²) in [4.78, 5) is 33.5. The largest absolute Gasteiger partial charge is 0.497 e. The van der Waals surface area contributed by atoms with Gasteiger partial charge in [-0.25, -0.2) is 0 Å². The number of carboxylic acids is 1. The maximum atomic E-state index is 12.5. The van der Waals surface area contributed by atoms with E-state index in [9.17, 15) is 14.7 Å². The molecule has 3 aromatic rings. The van der Waals surface area contributed by atoms with Gasteiger partial charge in [0.05, 0.1) is 18.5 Å². The topological polar surface area (TPSA) is 95.5 Å². The summed E-state index contributed by atoms with van der Waals surface area (Å²) in [5, 5.41) is 10.5. The monoisotopic (exact) mass is 379 g/mol. The Balaban J connectivity index is 1.59. The predicted molar refractivity (Wildman–Crippen MR) is 105 cm³/mol. The van der Waals surface area contributed by atoms with E-state index >= 15 is 0 Å². The van der Waals surface area contributed by atoms with Gasteiger partial charge in [-0.15, -0.1) is 0 Å². The maximum Gasteiger partial charge on any atom is 0.308 e. The molecular weight excluding hydrogens is 358 g/mol. The number of nitrogens with zero attached hydrogens (tertiary/aromatic N) is 2. The lowest BCUT2D eigenvalue weighted by atomic mass is 9.93. The number of aromatic nitrogens is 2. The van der Waals surface area contributed by atoms with Crippen molar-refractivity contribution < 1.29 is 14.6 Å². The van der Waals surface area contributed by atoms with Crippen LogP contribution >= 0.6 is 0 Å². The van der Waals surface area contributed by atoms with Crippen LogP contribution in [0.1, 0.15) is 17.2 Å². The molecule has 2 atom stereocenters. The molecule has 0 aliphatic carbocycles. The minimum absolute atomic E-state index is 0.172. The van der Waals surface area contributed by atoms with E-state index in [2.05, 4.69) is 9.97 Å². The van der Waals surface area contributed by atoms with Crippen molar-refractivity contribution in [1.82, 2.24) is 14.9 Å². The van der Waals surface area contributed by atoms with Crippen molar-refractivity contribution in [2.45, 2.75) is 12.5 Å².